The third-order valence-electron chi connectivity index (χ3n) is 0. The number of nitrogens with one attached hydrogen (secondary N) is 1. The molecular weight excluding hydrogens is 323 g/mol. The molecule has 1 radical (unpaired) electrons. The van der Waals surface area contributed by atoms with Gasteiger partial charge in [0.25, 0.3) is 0 Å². The summed E-state index contributed by atoms with van der Waals surface area (Å²) in [6, 6.07) is 0. The fourth-order valence-corrected chi connectivity index (χ4v) is 0. The third kappa shape index (κ3) is 42.3. The van der Waals surface area contributed by atoms with E-state index in [0.717, 1.165) is 0 Å². The smallest absolute Gasteiger partial charge is 0.704 e. The van der Waals surface area contributed by atoms with Gasteiger partial charge in [0.15, 0.2) is 0 Å². The van der Waals surface area contributed by atoms with Gasteiger partial charge in [0.2, 0.25) is 0 Å². The first kappa shape index (κ1) is 25.1. The van der Waals surface area contributed by atoms with E-state index in [2.05, 4.69) is 6.92 Å². The van der Waals surface area contributed by atoms with E-state index >= 15 is 0 Å². The molecule has 35 valence electrons. The van der Waals surface area contributed by atoms with Crippen LogP contribution in [0.4, 0.5) is 0 Å². The van der Waals surface area contributed by atoms with Crippen molar-refractivity contribution < 1.29 is 53.8 Å². The first-order valence-corrected chi connectivity index (χ1v) is 0.854. The summed E-state index contributed by atoms with van der Waals surface area (Å²) in [5.74, 6) is 0. The van der Waals surface area contributed by atoms with Crippen LogP contribution in [0, 0.1) is 14.4 Å². The van der Waals surface area contributed by atoms with Gasteiger partial charge >= 0.3 is 21.1 Å². The van der Waals surface area contributed by atoms with Crippen LogP contribution in [-0.4, -0.2) is 6.54 Å². The molecule has 0 rings (SSSR count). The van der Waals surface area contributed by atoms with E-state index in [1.165, 1.54) is 0 Å². The Morgan fingerprint density at radius 3 is 1.50 bits per heavy atom. The molecule has 0 spiro atoms. The van der Waals surface area contributed by atoms with E-state index in [9.17, 15) is 0 Å². The van der Waals surface area contributed by atoms with Crippen LogP contribution in [-0.2, 0) is 53.8 Å². The van der Waals surface area contributed by atoms with Crippen molar-refractivity contribution in [3.63, 3.8) is 0 Å². The van der Waals surface area contributed by atoms with Crippen LogP contribution in [0.3, 0.4) is 0 Å². The maximum absolute atomic E-state index is 6.10. The Morgan fingerprint density at radius 2 is 1.50 bits per heavy atom. The van der Waals surface area contributed by atoms with E-state index in [4.69, 9.17) is 5.73 Å². The molecule has 0 aliphatic carbocycles. The zero-order chi connectivity index (χ0) is 2.71. The zero-order valence-corrected chi connectivity index (χ0v) is 9.67. The standard InChI is InChI=1S/C2H5N.CH3.W.Y/c1-2-3;;;/h3H,1-2H2;1H3;;/q-2;-1;+2;. The topological polar surface area (TPSA) is 23.8 Å². The van der Waals surface area contributed by atoms with Crippen LogP contribution < -0.4 is 0 Å². The Bertz CT molecular complexity index is 10.8. The van der Waals surface area contributed by atoms with Gasteiger partial charge in [0.1, 0.15) is 0 Å². The van der Waals surface area contributed by atoms with Crippen molar-refractivity contribution >= 4 is 0 Å². The summed E-state index contributed by atoms with van der Waals surface area (Å²) in [5.41, 5.74) is 6.10. The molecule has 0 atom stereocenters. The van der Waals surface area contributed by atoms with Gasteiger partial charge in [0.05, 0.1) is 0 Å². The normalized spacial score (nSPS) is 3.00. The van der Waals surface area contributed by atoms with Crippen molar-refractivity contribution in [2.75, 3.05) is 6.54 Å². The Balaban J connectivity index is -0.00000000667. The summed E-state index contributed by atoms with van der Waals surface area (Å²) in [4.78, 5) is 0. The van der Waals surface area contributed by atoms with Gasteiger partial charge in [-0.15, -0.1) is 0 Å². The molecule has 0 aromatic heterocycles. The molecule has 0 aromatic rings. The second kappa shape index (κ2) is 29.5. The summed E-state index contributed by atoms with van der Waals surface area (Å²) in [5, 5.41) is 0. The maximum atomic E-state index is 6.10. The predicted molar refractivity (Wildman–Crippen MR) is 21.0 cm³/mol. The van der Waals surface area contributed by atoms with Gasteiger partial charge in [-0.1, -0.05) is 0 Å². The summed E-state index contributed by atoms with van der Waals surface area (Å²) in [7, 11) is 0. The van der Waals surface area contributed by atoms with Crippen LogP contribution in [0.5, 0.6) is 0 Å². The van der Waals surface area contributed by atoms with Gasteiger partial charge in [-0.25, -0.2) is 0 Å². The van der Waals surface area contributed by atoms with Crippen molar-refractivity contribution in [2.45, 2.75) is 0 Å². The molecule has 0 amide bonds. The van der Waals surface area contributed by atoms with E-state index in [-0.39, 0.29) is 67.7 Å². The van der Waals surface area contributed by atoms with Crippen molar-refractivity contribution in [2.24, 2.45) is 0 Å². The van der Waals surface area contributed by atoms with Gasteiger partial charge in [-0.05, 0) is 0 Å². The van der Waals surface area contributed by atoms with E-state index in [1.54, 1.807) is 0 Å². The second-order valence-corrected chi connectivity index (χ2v) is 0.250. The fourth-order valence-electron chi connectivity index (χ4n) is 0. The molecule has 0 aromatic carbocycles. The average molecular weight is 331 g/mol. The van der Waals surface area contributed by atoms with E-state index in [1.807, 2.05) is 0 Å². The van der Waals surface area contributed by atoms with Crippen LogP contribution in [0.25, 0.3) is 5.73 Å². The summed E-state index contributed by atoms with van der Waals surface area (Å²) in [6.45, 7) is 3.40. The summed E-state index contributed by atoms with van der Waals surface area (Å²) in [6.07, 6.45) is 0. The minimum Gasteiger partial charge on any atom is -0.704 e. The number of hydrogen-bond donors (Lipinski definition) is 0. The van der Waals surface area contributed by atoms with Crippen LogP contribution >= 0.6 is 0 Å². The van der Waals surface area contributed by atoms with Crippen molar-refractivity contribution in [3.8, 4) is 0 Å². The first-order chi connectivity index (χ1) is 1.41. The summed E-state index contributed by atoms with van der Waals surface area (Å²) < 4.78 is 0. The molecule has 0 saturated heterocycles. The fraction of sp³-hybridized carbons (Fsp3) is 0.333. The van der Waals surface area contributed by atoms with Crippen LogP contribution in [0.1, 0.15) is 0 Å². The quantitative estimate of drug-likeness (QED) is 0.598. The molecule has 0 heterocycles. The van der Waals surface area contributed by atoms with Crippen molar-refractivity contribution in [3.05, 3.63) is 20.1 Å². The largest absolute Gasteiger partial charge is 2.00 e. The van der Waals surface area contributed by atoms with Gasteiger partial charge < -0.3 is 20.1 Å². The van der Waals surface area contributed by atoms with Gasteiger partial charge in [-0.2, -0.15) is 0 Å². The number of rotatable bonds is 0. The van der Waals surface area contributed by atoms with Crippen LogP contribution in [0.2, 0.25) is 0 Å². The third-order valence-corrected chi connectivity index (χ3v) is 0. The van der Waals surface area contributed by atoms with Gasteiger partial charge in [0, 0.05) is 32.7 Å². The Labute approximate surface area is 79.6 Å². The second-order valence-electron chi connectivity index (χ2n) is 0.250. The number of hydrogen-bond acceptors (Lipinski definition) is 0. The Kier molecular flexibility index (Phi) is 123. The van der Waals surface area contributed by atoms with Gasteiger partial charge in [-0.3, -0.25) is 6.54 Å². The van der Waals surface area contributed by atoms with E-state index in [0.29, 0.717) is 0 Å². The Hall–Kier alpha value is 1.75. The zero-order valence-electron chi connectivity index (χ0n) is 3.90. The summed E-state index contributed by atoms with van der Waals surface area (Å²) >= 11 is 0. The molecule has 3 heteroatoms. The molecule has 6 heavy (non-hydrogen) atoms. The molecule has 0 aliphatic heterocycles. The molecule has 1 nitrogen and oxygen atoms in total. The monoisotopic (exact) mass is 331 g/mol. The van der Waals surface area contributed by atoms with Crippen molar-refractivity contribution in [1.82, 2.24) is 0 Å². The molecule has 0 unspecified atom stereocenters. The predicted octanol–water partition coefficient (Wildman–Crippen LogP) is 1.32. The van der Waals surface area contributed by atoms with E-state index < -0.39 is 0 Å². The molecule has 0 bridgehead atoms. The van der Waals surface area contributed by atoms with Crippen LogP contribution in [0.15, 0.2) is 0 Å². The minimum absolute atomic E-state index is 0. The molecule has 1 N–H and O–H groups in total. The molecule has 0 fully saturated rings. The first-order valence-electron chi connectivity index (χ1n) is 0.854. The molecular formula is C3H8NWY-. The molecule has 0 aliphatic rings. The Morgan fingerprint density at radius 1 is 1.50 bits per heavy atom. The molecule has 0 saturated carbocycles. The minimum atomic E-state index is 0. The SMILES string of the molecule is [CH2-]C[NH-].[CH3-].[W+2].[Y]. The maximum Gasteiger partial charge on any atom is 2.00 e. The average Bonchev–Trinajstić information content (AvgIpc) is 0.918. The van der Waals surface area contributed by atoms with Crippen molar-refractivity contribution in [1.29, 1.82) is 0 Å².